The lowest BCUT2D eigenvalue weighted by molar-refractivity contribution is 0.0978. The predicted octanol–water partition coefficient (Wildman–Crippen LogP) is 4.67. The third-order valence-electron chi connectivity index (χ3n) is 3.30. The average Bonchev–Trinajstić information content (AvgIpc) is 2.57. The Morgan fingerprint density at radius 3 is 2.67 bits per heavy atom. The molecule has 2 N–H and O–H groups in total. The number of amides is 1. The molecule has 24 heavy (non-hydrogen) atoms. The molecule has 0 radical (unpaired) electrons. The van der Waals surface area contributed by atoms with Crippen LogP contribution in [0, 0.1) is 0 Å². The van der Waals surface area contributed by atoms with E-state index in [1.54, 1.807) is 18.3 Å². The Balaban J connectivity index is 1.75. The Morgan fingerprint density at radius 2 is 1.88 bits per heavy atom. The van der Waals surface area contributed by atoms with Crippen molar-refractivity contribution in [1.29, 1.82) is 0 Å². The fourth-order valence-electron chi connectivity index (χ4n) is 2.18. The van der Waals surface area contributed by atoms with Gasteiger partial charge in [0, 0.05) is 22.8 Å². The lowest BCUT2D eigenvalue weighted by atomic mass is 10.2. The number of hydrogen-bond acceptors (Lipinski definition) is 3. The molecule has 3 rings (SSSR count). The van der Waals surface area contributed by atoms with Crippen LogP contribution in [-0.2, 0) is 0 Å². The Labute approximate surface area is 153 Å². The van der Waals surface area contributed by atoms with E-state index in [0.717, 1.165) is 16.6 Å². The smallest absolute Gasteiger partial charge is 0.257 e. The number of fused-ring (bicyclic) bond motifs is 1. The Bertz CT molecular complexity index is 941. The second-order valence-electron chi connectivity index (χ2n) is 4.91. The largest absolute Gasteiger partial charge is 0.332 e. The number of thiocarbonyl (C=S) groups is 1. The number of nitrogens with one attached hydrogen (secondary N) is 2. The molecule has 0 spiro atoms. The van der Waals surface area contributed by atoms with E-state index in [1.807, 2.05) is 30.3 Å². The van der Waals surface area contributed by atoms with E-state index in [9.17, 15) is 4.79 Å². The zero-order valence-electron chi connectivity index (χ0n) is 12.2. The number of aromatic nitrogens is 1. The summed E-state index contributed by atoms with van der Waals surface area (Å²) in [7, 11) is 0. The Kier molecular flexibility index (Phi) is 4.94. The predicted molar refractivity (Wildman–Crippen MR) is 102 cm³/mol. The topological polar surface area (TPSA) is 54.0 Å². The molecule has 0 unspecified atom stereocenters. The molecule has 0 saturated heterocycles. The van der Waals surface area contributed by atoms with Crippen molar-refractivity contribution < 1.29 is 4.79 Å². The number of halogens is 2. The molecule has 0 bridgehead atoms. The Hall–Kier alpha value is -2.21. The quantitative estimate of drug-likeness (QED) is 0.639. The summed E-state index contributed by atoms with van der Waals surface area (Å²) in [6, 6.07) is 14.0. The van der Waals surface area contributed by atoms with Crippen LogP contribution in [0.3, 0.4) is 0 Å². The van der Waals surface area contributed by atoms with Gasteiger partial charge in [0.1, 0.15) is 0 Å². The van der Waals surface area contributed by atoms with Crippen LogP contribution in [0.4, 0.5) is 5.69 Å². The number of benzene rings is 2. The van der Waals surface area contributed by atoms with Gasteiger partial charge < -0.3 is 5.32 Å². The summed E-state index contributed by atoms with van der Waals surface area (Å²) < 4.78 is 0. The van der Waals surface area contributed by atoms with E-state index in [4.69, 9.17) is 35.4 Å². The molecule has 0 fully saturated rings. The zero-order chi connectivity index (χ0) is 17.1. The molecule has 0 aliphatic heterocycles. The highest BCUT2D eigenvalue weighted by Crippen LogP contribution is 2.23. The van der Waals surface area contributed by atoms with Crippen molar-refractivity contribution in [2.75, 3.05) is 5.32 Å². The minimum absolute atomic E-state index is 0.183. The molecular formula is C17H11Cl2N3OS. The van der Waals surface area contributed by atoms with Crippen LogP contribution in [0.25, 0.3) is 10.9 Å². The van der Waals surface area contributed by atoms with Crippen LogP contribution in [0.5, 0.6) is 0 Å². The molecule has 0 aliphatic rings. The number of rotatable bonds is 2. The normalized spacial score (nSPS) is 10.4. The van der Waals surface area contributed by atoms with Gasteiger partial charge in [-0.1, -0.05) is 29.3 Å². The summed E-state index contributed by atoms with van der Waals surface area (Å²) in [6.07, 6.45) is 1.72. The van der Waals surface area contributed by atoms with Crippen molar-refractivity contribution in [3.8, 4) is 0 Å². The van der Waals surface area contributed by atoms with E-state index in [1.165, 1.54) is 6.07 Å². The van der Waals surface area contributed by atoms with Crippen molar-refractivity contribution in [3.63, 3.8) is 0 Å². The van der Waals surface area contributed by atoms with Crippen LogP contribution < -0.4 is 10.6 Å². The second-order valence-corrected chi connectivity index (χ2v) is 6.14. The number of pyridine rings is 1. The molecule has 4 nitrogen and oxygen atoms in total. The van der Waals surface area contributed by atoms with Gasteiger partial charge in [-0.2, -0.15) is 0 Å². The lowest BCUT2D eigenvalue weighted by Gasteiger charge is -2.11. The summed E-state index contributed by atoms with van der Waals surface area (Å²) >= 11 is 17.0. The SMILES string of the molecule is O=C(NC(=S)Nc1cccc2ncccc12)c1ccc(Cl)c(Cl)c1. The number of anilines is 1. The molecule has 0 atom stereocenters. The summed E-state index contributed by atoms with van der Waals surface area (Å²) in [6.45, 7) is 0. The third kappa shape index (κ3) is 3.64. The molecule has 0 saturated carbocycles. The van der Waals surface area contributed by atoms with Gasteiger partial charge in [0.05, 0.1) is 15.6 Å². The number of hydrogen-bond donors (Lipinski definition) is 2. The maximum Gasteiger partial charge on any atom is 0.257 e. The van der Waals surface area contributed by atoms with Gasteiger partial charge in [0.15, 0.2) is 5.11 Å². The molecule has 120 valence electrons. The van der Waals surface area contributed by atoms with Gasteiger partial charge in [-0.3, -0.25) is 15.1 Å². The standard InChI is InChI=1S/C17H11Cl2N3OS/c18-12-7-6-10(9-13(12)19)16(23)22-17(24)21-15-5-1-4-14-11(15)3-2-8-20-14/h1-9H,(H2,21,22,23,24). The highest BCUT2D eigenvalue weighted by atomic mass is 35.5. The monoisotopic (exact) mass is 375 g/mol. The van der Waals surface area contributed by atoms with Gasteiger partial charge >= 0.3 is 0 Å². The summed E-state index contributed by atoms with van der Waals surface area (Å²) in [5, 5.41) is 7.41. The van der Waals surface area contributed by atoms with Crippen molar-refractivity contribution in [3.05, 3.63) is 70.3 Å². The van der Waals surface area contributed by atoms with E-state index >= 15 is 0 Å². The van der Waals surface area contributed by atoms with Crippen LogP contribution >= 0.6 is 35.4 Å². The molecule has 1 heterocycles. The van der Waals surface area contributed by atoms with Crippen molar-refractivity contribution in [2.24, 2.45) is 0 Å². The van der Waals surface area contributed by atoms with Crippen LogP contribution in [0.1, 0.15) is 10.4 Å². The first-order valence-corrected chi connectivity index (χ1v) is 8.12. The highest BCUT2D eigenvalue weighted by Gasteiger charge is 2.11. The molecule has 1 amide bonds. The molecular weight excluding hydrogens is 365 g/mol. The first-order chi connectivity index (χ1) is 11.5. The maximum atomic E-state index is 12.2. The summed E-state index contributed by atoms with van der Waals surface area (Å²) in [4.78, 5) is 16.5. The molecule has 2 aromatic carbocycles. The first kappa shape index (κ1) is 16.6. The number of carbonyl (C=O) groups excluding carboxylic acids is 1. The molecule has 3 aromatic rings. The molecule has 1 aromatic heterocycles. The van der Waals surface area contributed by atoms with Crippen LogP contribution in [0.2, 0.25) is 10.0 Å². The van der Waals surface area contributed by atoms with Crippen molar-refractivity contribution in [2.45, 2.75) is 0 Å². The maximum absolute atomic E-state index is 12.2. The van der Waals surface area contributed by atoms with Crippen LogP contribution in [-0.4, -0.2) is 16.0 Å². The molecule has 0 aliphatic carbocycles. The summed E-state index contributed by atoms with van der Waals surface area (Å²) in [5.41, 5.74) is 1.97. The van der Waals surface area contributed by atoms with E-state index in [2.05, 4.69) is 15.6 Å². The molecule has 7 heteroatoms. The fraction of sp³-hybridized carbons (Fsp3) is 0. The van der Waals surface area contributed by atoms with Crippen molar-refractivity contribution >= 4 is 63.0 Å². The average molecular weight is 376 g/mol. The number of nitrogens with zero attached hydrogens (tertiary/aromatic N) is 1. The van der Waals surface area contributed by atoms with Gasteiger partial charge in [-0.15, -0.1) is 0 Å². The zero-order valence-corrected chi connectivity index (χ0v) is 14.5. The van der Waals surface area contributed by atoms with Gasteiger partial charge in [-0.25, -0.2) is 0 Å². The highest BCUT2D eigenvalue weighted by molar-refractivity contribution is 7.80. The van der Waals surface area contributed by atoms with Gasteiger partial charge in [0.2, 0.25) is 0 Å². The minimum Gasteiger partial charge on any atom is -0.332 e. The first-order valence-electron chi connectivity index (χ1n) is 6.96. The Morgan fingerprint density at radius 1 is 1.04 bits per heavy atom. The van der Waals surface area contributed by atoms with Gasteiger partial charge in [0.25, 0.3) is 5.91 Å². The third-order valence-corrected chi connectivity index (χ3v) is 4.25. The lowest BCUT2D eigenvalue weighted by Crippen LogP contribution is -2.34. The van der Waals surface area contributed by atoms with Crippen LogP contribution in [0.15, 0.2) is 54.7 Å². The van der Waals surface area contributed by atoms with Gasteiger partial charge in [-0.05, 0) is 54.7 Å². The fourth-order valence-corrected chi connectivity index (χ4v) is 2.68. The van der Waals surface area contributed by atoms with Crippen molar-refractivity contribution in [1.82, 2.24) is 10.3 Å². The number of carbonyl (C=O) groups is 1. The van der Waals surface area contributed by atoms with E-state index < -0.39 is 0 Å². The van der Waals surface area contributed by atoms with E-state index in [0.29, 0.717) is 15.6 Å². The summed E-state index contributed by atoms with van der Waals surface area (Å²) in [5.74, 6) is -0.371. The minimum atomic E-state index is -0.371. The second kappa shape index (κ2) is 7.13. The van der Waals surface area contributed by atoms with E-state index in [-0.39, 0.29) is 11.0 Å².